The monoisotopic (exact) mass is 322 g/mol. The normalized spacial score (nSPS) is 23.9. The topological polar surface area (TPSA) is 49.4 Å². The van der Waals surface area contributed by atoms with Gasteiger partial charge in [-0.3, -0.25) is 9.59 Å². The average Bonchev–Trinajstić information content (AvgIpc) is 2.63. The Labute approximate surface area is 142 Å². The van der Waals surface area contributed by atoms with Gasteiger partial charge in [-0.2, -0.15) is 0 Å². The van der Waals surface area contributed by atoms with E-state index in [4.69, 9.17) is 0 Å². The van der Waals surface area contributed by atoms with Crippen molar-refractivity contribution in [2.45, 2.75) is 38.4 Å². The number of carbonyl (C=O) groups is 2. The predicted molar refractivity (Wildman–Crippen MR) is 93.0 cm³/mol. The summed E-state index contributed by atoms with van der Waals surface area (Å²) >= 11 is 0. The van der Waals surface area contributed by atoms with Gasteiger partial charge in [-0.25, -0.2) is 0 Å². The summed E-state index contributed by atoms with van der Waals surface area (Å²) in [5.74, 6) is -0.164. The molecule has 0 saturated carbocycles. The number of nitrogens with one attached hydrogen (secondary N) is 1. The van der Waals surface area contributed by atoms with Crippen molar-refractivity contribution in [2.75, 3.05) is 0 Å². The molecule has 124 valence electrons. The summed E-state index contributed by atoms with van der Waals surface area (Å²) < 4.78 is 0. The van der Waals surface area contributed by atoms with Gasteiger partial charge in [0.2, 0.25) is 5.91 Å². The van der Waals surface area contributed by atoms with Crippen LogP contribution in [0, 0.1) is 0 Å². The molecule has 2 aromatic carbocycles. The van der Waals surface area contributed by atoms with Gasteiger partial charge in [0.1, 0.15) is 11.6 Å². The van der Waals surface area contributed by atoms with Gasteiger partial charge < -0.3 is 10.2 Å². The maximum Gasteiger partial charge on any atom is 0.251 e. The molecule has 2 aromatic rings. The lowest BCUT2D eigenvalue weighted by Crippen LogP contribution is -2.67. The number of piperazine rings is 1. The lowest BCUT2D eigenvalue weighted by molar-refractivity contribution is -0.158. The molecule has 1 saturated heterocycles. The van der Waals surface area contributed by atoms with E-state index in [1.165, 1.54) is 0 Å². The van der Waals surface area contributed by atoms with Crippen molar-refractivity contribution in [3.8, 4) is 0 Å². The van der Waals surface area contributed by atoms with Crippen LogP contribution >= 0.6 is 0 Å². The van der Waals surface area contributed by atoms with Crippen LogP contribution in [-0.4, -0.2) is 22.8 Å². The van der Waals surface area contributed by atoms with Gasteiger partial charge in [0.25, 0.3) is 5.91 Å². The highest BCUT2D eigenvalue weighted by Gasteiger charge is 2.49. The Balaban J connectivity index is 2.06. The highest BCUT2D eigenvalue weighted by molar-refractivity contribution is 6.00. The summed E-state index contributed by atoms with van der Waals surface area (Å²) in [6.45, 7) is 4.15. The molecule has 1 heterocycles. The summed E-state index contributed by atoms with van der Waals surface area (Å²) in [4.78, 5) is 27.6. The molecular weight excluding hydrogens is 300 g/mol. The molecule has 4 heteroatoms. The van der Waals surface area contributed by atoms with E-state index in [0.29, 0.717) is 13.0 Å². The van der Waals surface area contributed by atoms with Gasteiger partial charge in [0.05, 0.1) is 0 Å². The summed E-state index contributed by atoms with van der Waals surface area (Å²) in [6, 6.07) is 18.8. The van der Waals surface area contributed by atoms with Crippen molar-refractivity contribution < 1.29 is 9.59 Å². The molecule has 24 heavy (non-hydrogen) atoms. The first-order valence-corrected chi connectivity index (χ1v) is 8.29. The molecule has 1 N–H and O–H groups in total. The van der Waals surface area contributed by atoms with Gasteiger partial charge in [0.15, 0.2) is 0 Å². The molecule has 4 nitrogen and oxygen atoms in total. The quantitative estimate of drug-likeness (QED) is 0.941. The SMILES string of the molecule is CCC1NC(=O)C(C)(c2ccccc2)N(Cc2ccccc2)C1=O. The second kappa shape index (κ2) is 6.48. The molecule has 1 aliphatic rings. The number of hydrogen-bond donors (Lipinski definition) is 1. The van der Waals surface area contributed by atoms with Gasteiger partial charge in [-0.15, -0.1) is 0 Å². The lowest BCUT2D eigenvalue weighted by atomic mass is 9.85. The highest BCUT2D eigenvalue weighted by Crippen LogP contribution is 2.34. The molecule has 0 spiro atoms. The van der Waals surface area contributed by atoms with E-state index >= 15 is 0 Å². The van der Waals surface area contributed by atoms with Crippen molar-refractivity contribution in [1.29, 1.82) is 0 Å². The van der Waals surface area contributed by atoms with Crippen LogP contribution in [0.15, 0.2) is 60.7 Å². The minimum absolute atomic E-state index is 0.0349. The molecule has 0 radical (unpaired) electrons. The van der Waals surface area contributed by atoms with E-state index < -0.39 is 11.6 Å². The Morgan fingerprint density at radius 3 is 2.17 bits per heavy atom. The molecule has 0 aromatic heterocycles. The van der Waals surface area contributed by atoms with Crippen LogP contribution < -0.4 is 5.32 Å². The predicted octanol–water partition coefficient (Wildman–Crippen LogP) is 2.84. The number of hydrogen-bond acceptors (Lipinski definition) is 2. The Kier molecular flexibility index (Phi) is 4.38. The minimum atomic E-state index is -1.01. The van der Waals surface area contributed by atoms with Crippen molar-refractivity contribution >= 4 is 11.8 Å². The number of carbonyl (C=O) groups excluding carboxylic acids is 2. The minimum Gasteiger partial charge on any atom is -0.342 e. The highest BCUT2D eigenvalue weighted by atomic mass is 16.2. The van der Waals surface area contributed by atoms with Crippen molar-refractivity contribution in [2.24, 2.45) is 0 Å². The van der Waals surface area contributed by atoms with E-state index in [1.54, 1.807) is 4.90 Å². The Morgan fingerprint density at radius 2 is 1.58 bits per heavy atom. The van der Waals surface area contributed by atoms with Crippen LogP contribution in [-0.2, 0) is 21.7 Å². The molecule has 1 aliphatic heterocycles. The molecule has 0 bridgehead atoms. The maximum absolute atomic E-state index is 13.0. The Morgan fingerprint density at radius 1 is 1.00 bits per heavy atom. The third-order valence-electron chi connectivity index (χ3n) is 4.78. The van der Waals surface area contributed by atoms with Gasteiger partial charge >= 0.3 is 0 Å². The van der Waals surface area contributed by atoms with Crippen molar-refractivity contribution in [3.63, 3.8) is 0 Å². The van der Waals surface area contributed by atoms with Crippen LogP contribution in [0.1, 0.15) is 31.4 Å². The molecule has 3 rings (SSSR count). The summed E-state index contributed by atoms with van der Waals surface area (Å²) in [5.41, 5.74) is 0.818. The Bertz CT molecular complexity index is 730. The molecule has 2 atom stereocenters. The first kappa shape index (κ1) is 16.2. The van der Waals surface area contributed by atoms with E-state index in [1.807, 2.05) is 74.5 Å². The molecule has 1 fully saturated rings. The summed E-state index contributed by atoms with van der Waals surface area (Å²) in [5, 5.41) is 2.89. The Hall–Kier alpha value is -2.62. The van der Waals surface area contributed by atoms with E-state index in [-0.39, 0.29) is 11.8 Å². The van der Waals surface area contributed by atoms with E-state index in [0.717, 1.165) is 11.1 Å². The fourth-order valence-corrected chi connectivity index (χ4v) is 3.22. The van der Waals surface area contributed by atoms with Crippen molar-refractivity contribution in [1.82, 2.24) is 10.2 Å². The maximum atomic E-state index is 13.0. The first-order valence-electron chi connectivity index (χ1n) is 8.29. The second-order valence-corrected chi connectivity index (χ2v) is 6.28. The van der Waals surface area contributed by atoms with Crippen molar-refractivity contribution in [3.05, 3.63) is 71.8 Å². The van der Waals surface area contributed by atoms with Crippen LogP contribution in [0.25, 0.3) is 0 Å². The second-order valence-electron chi connectivity index (χ2n) is 6.28. The number of amides is 2. The number of benzene rings is 2. The third kappa shape index (κ3) is 2.68. The zero-order chi connectivity index (χ0) is 17.2. The fourth-order valence-electron chi connectivity index (χ4n) is 3.22. The zero-order valence-electron chi connectivity index (χ0n) is 14.0. The molecular formula is C20H22N2O2. The molecule has 2 unspecified atom stereocenters. The third-order valence-corrected chi connectivity index (χ3v) is 4.78. The largest absolute Gasteiger partial charge is 0.342 e. The van der Waals surface area contributed by atoms with Crippen LogP contribution in [0.4, 0.5) is 0 Å². The van der Waals surface area contributed by atoms with Crippen LogP contribution in [0.3, 0.4) is 0 Å². The molecule has 2 amide bonds. The lowest BCUT2D eigenvalue weighted by Gasteiger charge is -2.46. The summed E-state index contributed by atoms with van der Waals surface area (Å²) in [7, 11) is 0. The van der Waals surface area contributed by atoms with E-state index in [9.17, 15) is 9.59 Å². The van der Waals surface area contributed by atoms with Gasteiger partial charge in [-0.1, -0.05) is 67.6 Å². The average molecular weight is 322 g/mol. The number of nitrogens with zero attached hydrogens (tertiary/aromatic N) is 1. The van der Waals surface area contributed by atoms with Crippen LogP contribution in [0.5, 0.6) is 0 Å². The van der Waals surface area contributed by atoms with E-state index in [2.05, 4.69) is 5.32 Å². The number of rotatable bonds is 4. The van der Waals surface area contributed by atoms with Gasteiger partial charge in [0, 0.05) is 6.54 Å². The molecule has 0 aliphatic carbocycles. The summed E-state index contributed by atoms with van der Waals surface area (Å²) in [6.07, 6.45) is 0.584. The van der Waals surface area contributed by atoms with Gasteiger partial charge in [-0.05, 0) is 24.5 Å². The van der Waals surface area contributed by atoms with Crippen LogP contribution in [0.2, 0.25) is 0 Å². The zero-order valence-corrected chi connectivity index (χ0v) is 14.0. The first-order chi connectivity index (χ1) is 11.6. The standard InChI is InChI=1S/C20H22N2O2/c1-3-17-18(23)22(14-15-10-6-4-7-11-15)20(2,19(24)21-17)16-12-8-5-9-13-16/h4-13,17H,3,14H2,1-2H3,(H,21,24). The smallest absolute Gasteiger partial charge is 0.251 e. The fraction of sp³-hybridized carbons (Fsp3) is 0.300.